The molecule has 2 aromatic heterocycles. The number of fused-ring (bicyclic) bond motifs is 2. The zero-order valence-corrected chi connectivity index (χ0v) is 20.7. The second-order valence-electron chi connectivity index (χ2n) is 8.64. The van der Waals surface area contributed by atoms with Crippen molar-refractivity contribution in [1.82, 2.24) is 9.88 Å². The molecule has 0 atom stereocenters. The highest BCUT2D eigenvalue weighted by atomic mass is 32.2. The molecular weight excluding hydrogens is 480 g/mol. The van der Waals surface area contributed by atoms with E-state index in [4.69, 9.17) is 13.9 Å². The summed E-state index contributed by atoms with van der Waals surface area (Å²) in [4.78, 5) is 6.61. The minimum Gasteiger partial charge on any atom is -0.493 e. The van der Waals surface area contributed by atoms with Gasteiger partial charge in [0.25, 0.3) is 0 Å². The van der Waals surface area contributed by atoms with Gasteiger partial charge in [-0.1, -0.05) is 12.1 Å². The van der Waals surface area contributed by atoms with E-state index in [-0.39, 0.29) is 11.5 Å². The molecule has 1 aliphatic heterocycles. The average molecular weight is 507 g/mol. The van der Waals surface area contributed by atoms with Crippen molar-refractivity contribution >= 4 is 43.1 Å². The number of para-hydroxylation sites is 1. The Morgan fingerprint density at radius 2 is 2.03 bits per heavy atom. The number of methoxy groups -OCH3 is 1. The van der Waals surface area contributed by atoms with Gasteiger partial charge in [-0.25, -0.2) is 8.42 Å². The molecule has 0 radical (unpaired) electrons. The zero-order chi connectivity index (χ0) is 25.1. The molecule has 1 N–H and O–H groups in total. The molecule has 0 spiro atoms. The Labute approximate surface area is 209 Å². The van der Waals surface area contributed by atoms with E-state index in [1.807, 2.05) is 30.3 Å². The van der Waals surface area contributed by atoms with Crippen LogP contribution in [-0.2, 0) is 9.84 Å². The molecule has 0 aliphatic carbocycles. The highest BCUT2D eigenvalue weighted by Gasteiger charge is 2.21. The first-order chi connectivity index (χ1) is 17.5. The van der Waals surface area contributed by atoms with Gasteiger partial charge in [0.1, 0.15) is 6.07 Å². The largest absolute Gasteiger partial charge is 0.493 e. The van der Waals surface area contributed by atoms with Crippen LogP contribution in [0.5, 0.6) is 11.5 Å². The number of hydrogen-bond donors (Lipinski definition) is 1. The molecule has 0 saturated carbocycles. The second-order valence-corrected chi connectivity index (χ2v) is 10.9. The molecule has 0 amide bonds. The van der Waals surface area contributed by atoms with E-state index in [0.29, 0.717) is 53.5 Å². The van der Waals surface area contributed by atoms with Gasteiger partial charge < -0.3 is 24.1 Å². The van der Waals surface area contributed by atoms with Crippen LogP contribution in [0.2, 0.25) is 0 Å². The van der Waals surface area contributed by atoms with E-state index in [9.17, 15) is 13.7 Å². The van der Waals surface area contributed by atoms with Crippen LogP contribution in [-0.4, -0.2) is 63.2 Å². The Bertz CT molecular complexity index is 1540. The summed E-state index contributed by atoms with van der Waals surface area (Å²) < 4.78 is 40.5. The first kappa shape index (κ1) is 23.9. The second kappa shape index (κ2) is 10.0. The van der Waals surface area contributed by atoms with Crippen LogP contribution in [0.1, 0.15) is 12.0 Å². The third-order valence-electron chi connectivity index (χ3n) is 6.33. The number of nitrogens with one attached hydrogen (secondary N) is 1. The van der Waals surface area contributed by atoms with Gasteiger partial charge in [-0.2, -0.15) is 5.26 Å². The monoisotopic (exact) mass is 506 g/mol. The predicted octanol–water partition coefficient (Wildman–Crippen LogP) is 4.10. The number of sulfone groups is 1. The molecule has 186 valence electrons. The van der Waals surface area contributed by atoms with Crippen LogP contribution in [0.15, 0.2) is 53.3 Å². The summed E-state index contributed by atoms with van der Waals surface area (Å²) in [6.45, 7) is 2.34. The maximum Gasteiger partial charge on any atom is 0.163 e. The zero-order valence-electron chi connectivity index (χ0n) is 19.9. The van der Waals surface area contributed by atoms with E-state index in [2.05, 4.69) is 21.3 Å². The molecule has 1 saturated heterocycles. The van der Waals surface area contributed by atoms with Crippen LogP contribution in [0.25, 0.3) is 21.9 Å². The van der Waals surface area contributed by atoms with E-state index in [1.165, 1.54) is 6.20 Å². The van der Waals surface area contributed by atoms with Crippen molar-refractivity contribution in [3.63, 3.8) is 0 Å². The molecule has 3 heterocycles. The van der Waals surface area contributed by atoms with Gasteiger partial charge >= 0.3 is 0 Å². The van der Waals surface area contributed by atoms with Crippen LogP contribution < -0.4 is 14.8 Å². The SMILES string of the molecule is COc1cc2c(Nc3cccc4ccoc34)c(C#N)cnc2cc1OCCCN1CCS(=O)(=O)CC1. The van der Waals surface area contributed by atoms with Crippen molar-refractivity contribution < 1.29 is 22.3 Å². The predicted molar refractivity (Wildman–Crippen MR) is 138 cm³/mol. The summed E-state index contributed by atoms with van der Waals surface area (Å²) in [5.41, 5.74) is 3.10. The van der Waals surface area contributed by atoms with Crippen molar-refractivity contribution in [2.24, 2.45) is 0 Å². The van der Waals surface area contributed by atoms with Gasteiger partial charge in [-0.3, -0.25) is 4.98 Å². The average Bonchev–Trinajstić information content (AvgIpc) is 3.37. The van der Waals surface area contributed by atoms with Crippen LogP contribution >= 0.6 is 0 Å². The van der Waals surface area contributed by atoms with E-state index in [1.54, 1.807) is 19.4 Å². The Kier molecular flexibility index (Phi) is 6.67. The summed E-state index contributed by atoms with van der Waals surface area (Å²) in [5, 5.41) is 14.8. The Balaban J connectivity index is 1.36. The summed E-state index contributed by atoms with van der Waals surface area (Å²) in [5.74, 6) is 1.52. The molecule has 2 aromatic carbocycles. The molecule has 0 bridgehead atoms. The van der Waals surface area contributed by atoms with Gasteiger partial charge in [0.2, 0.25) is 0 Å². The van der Waals surface area contributed by atoms with Gasteiger partial charge in [-0.15, -0.1) is 0 Å². The number of anilines is 2. The Morgan fingerprint density at radius 3 is 2.81 bits per heavy atom. The lowest BCUT2D eigenvalue weighted by Gasteiger charge is -2.26. The third-order valence-corrected chi connectivity index (χ3v) is 7.93. The van der Waals surface area contributed by atoms with Crippen molar-refractivity contribution in [2.45, 2.75) is 6.42 Å². The molecule has 9 nitrogen and oxygen atoms in total. The van der Waals surface area contributed by atoms with Gasteiger partial charge in [-0.05, 0) is 24.6 Å². The standard InChI is InChI=1S/C26H26N4O5S/c1-33-23-14-20-22(15-24(23)34-10-3-7-30-8-12-36(31,32)13-9-30)28-17-19(16-27)25(20)29-21-5-2-4-18-6-11-35-26(18)21/h2,4-6,11,14-15,17H,3,7-10,12-13H2,1H3,(H,28,29). The molecule has 0 unspecified atom stereocenters. The van der Waals surface area contributed by atoms with E-state index >= 15 is 0 Å². The number of aromatic nitrogens is 1. The number of rotatable bonds is 8. The number of nitrogens with zero attached hydrogens (tertiary/aromatic N) is 3. The van der Waals surface area contributed by atoms with Gasteiger partial charge in [0.15, 0.2) is 26.9 Å². The lowest BCUT2D eigenvalue weighted by Crippen LogP contribution is -2.40. The minimum absolute atomic E-state index is 0.216. The summed E-state index contributed by atoms with van der Waals surface area (Å²) >= 11 is 0. The highest BCUT2D eigenvalue weighted by Crippen LogP contribution is 2.38. The van der Waals surface area contributed by atoms with Crippen molar-refractivity contribution in [3.05, 3.63) is 54.4 Å². The Hall–Kier alpha value is -3.81. The lowest BCUT2D eigenvalue weighted by molar-refractivity contribution is 0.240. The smallest absolute Gasteiger partial charge is 0.163 e. The normalized spacial score (nSPS) is 15.6. The Morgan fingerprint density at radius 1 is 1.19 bits per heavy atom. The molecule has 4 aromatic rings. The number of furan rings is 1. The molecule has 5 rings (SSSR count). The maximum absolute atomic E-state index is 11.6. The van der Waals surface area contributed by atoms with Crippen LogP contribution in [0.3, 0.4) is 0 Å². The van der Waals surface area contributed by atoms with Gasteiger partial charge in [0, 0.05) is 42.7 Å². The van der Waals surface area contributed by atoms with E-state index in [0.717, 1.165) is 29.4 Å². The van der Waals surface area contributed by atoms with Gasteiger partial charge in [0.05, 0.1) is 53.9 Å². The molecule has 36 heavy (non-hydrogen) atoms. The first-order valence-corrected chi connectivity index (χ1v) is 13.5. The third kappa shape index (κ3) is 4.94. The lowest BCUT2D eigenvalue weighted by atomic mass is 10.1. The number of hydrogen-bond acceptors (Lipinski definition) is 9. The number of nitriles is 1. The molecular formula is C26H26N4O5S. The maximum atomic E-state index is 11.6. The summed E-state index contributed by atoms with van der Waals surface area (Å²) in [6, 6.07) is 13.5. The number of pyridine rings is 1. The van der Waals surface area contributed by atoms with Crippen LogP contribution in [0.4, 0.5) is 11.4 Å². The molecule has 1 fully saturated rings. The topological polar surface area (TPSA) is 118 Å². The van der Waals surface area contributed by atoms with Crippen molar-refractivity contribution in [3.8, 4) is 17.6 Å². The van der Waals surface area contributed by atoms with Crippen LogP contribution in [0, 0.1) is 11.3 Å². The fraction of sp³-hybridized carbons (Fsp3) is 0.308. The summed E-state index contributed by atoms with van der Waals surface area (Å²) in [6.07, 6.45) is 3.92. The quantitative estimate of drug-likeness (QED) is 0.352. The number of benzene rings is 2. The van der Waals surface area contributed by atoms with Crippen molar-refractivity contribution in [2.75, 3.05) is 50.2 Å². The van der Waals surface area contributed by atoms with Crippen molar-refractivity contribution in [1.29, 1.82) is 5.26 Å². The fourth-order valence-corrected chi connectivity index (χ4v) is 5.64. The molecule has 10 heteroatoms. The molecule has 1 aliphatic rings. The fourth-order valence-electron chi connectivity index (χ4n) is 4.36. The summed E-state index contributed by atoms with van der Waals surface area (Å²) in [7, 11) is -1.31. The number of ether oxygens (including phenoxy) is 2. The first-order valence-electron chi connectivity index (χ1n) is 11.7. The van der Waals surface area contributed by atoms with E-state index < -0.39 is 9.84 Å². The minimum atomic E-state index is -2.88. The highest BCUT2D eigenvalue weighted by molar-refractivity contribution is 7.91.